The number of likely N-dealkylation sites (tertiary alicyclic amines) is 1. The molecule has 0 radical (unpaired) electrons. The van der Waals surface area contributed by atoms with Crippen molar-refractivity contribution in [2.75, 3.05) is 26.8 Å². The highest BCUT2D eigenvalue weighted by molar-refractivity contribution is 5.70. The van der Waals surface area contributed by atoms with Crippen LogP contribution in [-0.4, -0.2) is 55.5 Å². The van der Waals surface area contributed by atoms with E-state index in [0.29, 0.717) is 19.7 Å². The van der Waals surface area contributed by atoms with E-state index in [-0.39, 0.29) is 30.5 Å². The van der Waals surface area contributed by atoms with Crippen LogP contribution in [0.5, 0.6) is 0 Å². The first-order valence-electron chi connectivity index (χ1n) is 9.50. The maximum Gasteiger partial charge on any atom is 0.410 e. The van der Waals surface area contributed by atoms with Gasteiger partial charge in [0.25, 0.3) is 0 Å². The molecule has 0 N–H and O–H groups in total. The molecule has 1 amide bonds. The molecule has 0 aromatic heterocycles. The fourth-order valence-electron chi connectivity index (χ4n) is 3.10. The lowest BCUT2D eigenvalue weighted by molar-refractivity contribution is -0.141. The van der Waals surface area contributed by atoms with Crippen LogP contribution in [0.2, 0.25) is 0 Å². The number of amides is 1. The summed E-state index contributed by atoms with van der Waals surface area (Å²) >= 11 is 0. The molecule has 1 fully saturated rings. The number of nitrogens with zero attached hydrogens (tertiary/aromatic N) is 1. The van der Waals surface area contributed by atoms with Crippen molar-refractivity contribution in [3.8, 4) is 0 Å². The number of methoxy groups -OCH3 is 1. The van der Waals surface area contributed by atoms with Crippen molar-refractivity contribution in [2.45, 2.75) is 57.7 Å². The predicted molar refractivity (Wildman–Crippen MR) is 103 cm³/mol. The zero-order valence-electron chi connectivity index (χ0n) is 16.8. The summed E-state index contributed by atoms with van der Waals surface area (Å²) in [4.78, 5) is 25.8. The Labute approximate surface area is 161 Å². The Morgan fingerprint density at radius 3 is 2.56 bits per heavy atom. The van der Waals surface area contributed by atoms with Gasteiger partial charge in [0, 0.05) is 12.5 Å². The largest absolute Gasteiger partial charge is 0.469 e. The van der Waals surface area contributed by atoms with Crippen molar-refractivity contribution in [3.05, 3.63) is 35.9 Å². The zero-order valence-corrected chi connectivity index (χ0v) is 16.8. The van der Waals surface area contributed by atoms with Crippen molar-refractivity contribution in [2.24, 2.45) is 0 Å². The van der Waals surface area contributed by atoms with Crippen LogP contribution in [0.15, 0.2) is 30.3 Å². The van der Waals surface area contributed by atoms with Crippen molar-refractivity contribution in [3.63, 3.8) is 0 Å². The maximum atomic E-state index is 12.3. The number of hydrogen-bond acceptors (Lipinski definition) is 5. The van der Waals surface area contributed by atoms with Crippen molar-refractivity contribution < 1.29 is 23.8 Å². The molecule has 0 bridgehead atoms. The average Bonchev–Trinajstić information content (AvgIpc) is 2.64. The Kier molecular flexibility index (Phi) is 7.66. The number of carbonyl (C=O) groups is 2. The first-order chi connectivity index (χ1) is 12.8. The van der Waals surface area contributed by atoms with Gasteiger partial charge in [-0.05, 0) is 39.2 Å². The third kappa shape index (κ3) is 7.21. The number of carbonyl (C=O) groups excluding carboxylic acids is 2. The average molecular weight is 377 g/mol. The lowest BCUT2D eigenvalue weighted by Crippen LogP contribution is -2.45. The van der Waals surface area contributed by atoms with E-state index in [9.17, 15) is 9.59 Å². The third-order valence-electron chi connectivity index (χ3n) is 4.47. The number of ether oxygens (including phenoxy) is 3. The summed E-state index contributed by atoms with van der Waals surface area (Å²) in [5.41, 5.74) is 0.534. The molecule has 0 aliphatic carbocycles. The normalized spacial score (nSPS) is 18.7. The van der Waals surface area contributed by atoms with Gasteiger partial charge in [0.1, 0.15) is 5.60 Å². The van der Waals surface area contributed by atoms with Gasteiger partial charge in [0.05, 0.1) is 32.8 Å². The monoisotopic (exact) mass is 377 g/mol. The first-order valence-corrected chi connectivity index (χ1v) is 9.50. The minimum absolute atomic E-state index is 0.0601. The number of esters is 1. The molecule has 2 rings (SSSR count). The Morgan fingerprint density at radius 2 is 1.93 bits per heavy atom. The second-order valence-electron chi connectivity index (χ2n) is 7.91. The zero-order chi connectivity index (χ0) is 19.9. The van der Waals surface area contributed by atoms with Crippen LogP contribution in [0.4, 0.5) is 4.79 Å². The second kappa shape index (κ2) is 9.74. The Hall–Kier alpha value is -2.08. The molecule has 1 aliphatic rings. The number of benzene rings is 1. The molecule has 1 heterocycles. The van der Waals surface area contributed by atoms with E-state index in [1.165, 1.54) is 7.11 Å². The molecule has 27 heavy (non-hydrogen) atoms. The van der Waals surface area contributed by atoms with Crippen LogP contribution in [0.3, 0.4) is 0 Å². The van der Waals surface area contributed by atoms with Gasteiger partial charge in [0.15, 0.2) is 0 Å². The fraction of sp³-hybridized carbons (Fsp3) is 0.619. The summed E-state index contributed by atoms with van der Waals surface area (Å²) < 4.78 is 16.4. The van der Waals surface area contributed by atoms with Gasteiger partial charge in [-0.3, -0.25) is 4.79 Å². The van der Waals surface area contributed by atoms with Gasteiger partial charge in [0.2, 0.25) is 0 Å². The van der Waals surface area contributed by atoms with Gasteiger partial charge < -0.3 is 19.1 Å². The SMILES string of the molecule is COC(=O)CC(CO[C@@H]1CCCN(C(=O)OC(C)(C)C)C1)c1ccccc1. The molecule has 1 aliphatic heterocycles. The van der Waals surface area contributed by atoms with Gasteiger partial charge >= 0.3 is 12.1 Å². The van der Waals surface area contributed by atoms with E-state index in [0.717, 1.165) is 18.4 Å². The summed E-state index contributed by atoms with van der Waals surface area (Å²) in [5, 5.41) is 0. The van der Waals surface area contributed by atoms with Crippen molar-refractivity contribution in [1.82, 2.24) is 4.90 Å². The van der Waals surface area contributed by atoms with E-state index < -0.39 is 5.60 Å². The van der Waals surface area contributed by atoms with Crippen LogP contribution in [0.1, 0.15) is 51.5 Å². The summed E-state index contributed by atoms with van der Waals surface area (Å²) in [7, 11) is 1.39. The van der Waals surface area contributed by atoms with Crippen LogP contribution < -0.4 is 0 Å². The molecular formula is C21H31NO5. The van der Waals surface area contributed by atoms with Gasteiger partial charge in [-0.15, -0.1) is 0 Å². The van der Waals surface area contributed by atoms with Crippen LogP contribution >= 0.6 is 0 Å². The van der Waals surface area contributed by atoms with Crippen molar-refractivity contribution >= 4 is 12.1 Å². The van der Waals surface area contributed by atoms with E-state index >= 15 is 0 Å². The molecule has 0 spiro atoms. The molecule has 2 atom stereocenters. The van der Waals surface area contributed by atoms with Crippen molar-refractivity contribution in [1.29, 1.82) is 0 Å². The minimum Gasteiger partial charge on any atom is -0.469 e. The Morgan fingerprint density at radius 1 is 1.22 bits per heavy atom. The van der Waals surface area contributed by atoms with Gasteiger partial charge in [-0.25, -0.2) is 4.79 Å². The number of piperidine rings is 1. The van der Waals surface area contributed by atoms with E-state index in [2.05, 4.69) is 0 Å². The van der Waals surface area contributed by atoms with Crippen LogP contribution in [0.25, 0.3) is 0 Å². The molecule has 6 heteroatoms. The lowest BCUT2D eigenvalue weighted by atomic mass is 9.96. The third-order valence-corrected chi connectivity index (χ3v) is 4.47. The highest BCUT2D eigenvalue weighted by Crippen LogP contribution is 2.23. The van der Waals surface area contributed by atoms with Crippen LogP contribution in [0, 0.1) is 0 Å². The smallest absolute Gasteiger partial charge is 0.410 e. The summed E-state index contributed by atoms with van der Waals surface area (Å²) in [5.74, 6) is -0.331. The lowest BCUT2D eigenvalue weighted by Gasteiger charge is -2.34. The summed E-state index contributed by atoms with van der Waals surface area (Å²) in [6, 6.07) is 9.82. The highest BCUT2D eigenvalue weighted by Gasteiger charge is 2.29. The van der Waals surface area contributed by atoms with Gasteiger partial charge in [-0.1, -0.05) is 30.3 Å². The van der Waals surface area contributed by atoms with Gasteiger partial charge in [-0.2, -0.15) is 0 Å². The fourth-order valence-corrected chi connectivity index (χ4v) is 3.10. The molecule has 6 nitrogen and oxygen atoms in total. The number of rotatable bonds is 6. The summed E-state index contributed by atoms with van der Waals surface area (Å²) in [6.45, 7) is 7.18. The second-order valence-corrected chi connectivity index (χ2v) is 7.91. The minimum atomic E-state index is -0.510. The first kappa shape index (κ1) is 21.2. The van der Waals surface area contributed by atoms with E-state index in [1.54, 1.807) is 4.90 Å². The van der Waals surface area contributed by atoms with E-state index in [4.69, 9.17) is 14.2 Å². The molecule has 150 valence electrons. The molecule has 1 saturated heterocycles. The standard InChI is InChI=1S/C21H31NO5/c1-21(2,3)27-20(24)22-12-8-11-18(14-22)26-15-17(13-19(23)25-4)16-9-6-5-7-10-16/h5-7,9-10,17-18H,8,11-15H2,1-4H3/t17?,18-/m1/s1. The van der Waals surface area contributed by atoms with Crippen LogP contribution in [-0.2, 0) is 19.0 Å². The molecule has 1 aromatic rings. The molecular weight excluding hydrogens is 346 g/mol. The van der Waals surface area contributed by atoms with E-state index in [1.807, 2.05) is 51.1 Å². The highest BCUT2D eigenvalue weighted by atomic mass is 16.6. The molecule has 1 aromatic carbocycles. The maximum absolute atomic E-state index is 12.3. The molecule has 1 unspecified atom stereocenters. The topological polar surface area (TPSA) is 65.1 Å². The summed E-state index contributed by atoms with van der Waals surface area (Å²) in [6.07, 6.45) is 1.67. The molecule has 0 saturated carbocycles. The number of hydrogen-bond donors (Lipinski definition) is 0. The predicted octanol–water partition coefficient (Wildman–Crippen LogP) is 3.75. The Bertz CT molecular complexity index is 611. The Balaban J connectivity index is 1.93. The quantitative estimate of drug-likeness (QED) is 0.707.